The van der Waals surface area contributed by atoms with Gasteiger partial charge in [-0.1, -0.05) is 30.7 Å². The molecule has 1 aromatic carbocycles. The molecule has 1 aliphatic heterocycles. The number of nitrogens with zero attached hydrogens (tertiary/aromatic N) is 1. The molecule has 0 atom stereocenters. The molecule has 2 fully saturated rings. The van der Waals surface area contributed by atoms with Crippen molar-refractivity contribution >= 4 is 17.5 Å². The van der Waals surface area contributed by atoms with Crippen LogP contribution in [0.5, 0.6) is 0 Å². The van der Waals surface area contributed by atoms with E-state index in [0.717, 1.165) is 68.4 Å². The molecule has 22 heavy (non-hydrogen) atoms. The summed E-state index contributed by atoms with van der Waals surface area (Å²) >= 11 is 5.97. The number of amides is 1. The largest absolute Gasteiger partial charge is 0.342 e. The number of nitrogens with one attached hydrogen (secondary N) is 1. The summed E-state index contributed by atoms with van der Waals surface area (Å²) in [4.78, 5) is 15.1. The maximum absolute atomic E-state index is 13.0. The number of hydrogen-bond acceptors (Lipinski definition) is 2. The first-order valence-corrected chi connectivity index (χ1v) is 8.79. The number of piperidine rings is 1. The molecule has 0 unspecified atom stereocenters. The van der Waals surface area contributed by atoms with Crippen LogP contribution in [0.3, 0.4) is 0 Å². The van der Waals surface area contributed by atoms with Gasteiger partial charge in [0.15, 0.2) is 0 Å². The van der Waals surface area contributed by atoms with Crippen molar-refractivity contribution in [2.45, 2.75) is 38.0 Å². The maximum Gasteiger partial charge on any atom is 0.233 e. The molecule has 2 aliphatic rings. The Hall–Kier alpha value is -1.06. The van der Waals surface area contributed by atoms with Gasteiger partial charge in [0, 0.05) is 18.1 Å². The second-order valence-corrected chi connectivity index (χ2v) is 7.07. The predicted octanol–water partition coefficient (Wildman–Crippen LogP) is 3.22. The molecule has 1 heterocycles. The van der Waals surface area contributed by atoms with Gasteiger partial charge in [-0.25, -0.2) is 0 Å². The van der Waals surface area contributed by atoms with Crippen LogP contribution in [-0.2, 0) is 10.2 Å². The number of halogens is 1. The zero-order chi connectivity index (χ0) is 15.6. The molecule has 3 rings (SSSR count). The Kier molecular flexibility index (Phi) is 4.74. The van der Waals surface area contributed by atoms with Crippen molar-refractivity contribution in [3.63, 3.8) is 0 Å². The summed E-state index contributed by atoms with van der Waals surface area (Å²) in [5, 5.41) is 4.15. The summed E-state index contributed by atoms with van der Waals surface area (Å²) in [6.07, 6.45) is 4.19. The third-order valence-electron chi connectivity index (χ3n) is 5.14. The van der Waals surface area contributed by atoms with E-state index in [9.17, 15) is 4.79 Å². The monoisotopic (exact) mass is 320 g/mol. The minimum absolute atomic E-state index is 0.251. The van der Waals surface area contributed by atoms with Crippen molar-refractivity contribution in [3.05, 3.63) is 34.9 Å². The van der Waals surface area contributed by atoms with E-state index < -0.39 is 0 Å². The fraction of sp³-hybridized carbons (Fsp3) is 0.611. The number of carbonyl (C=O) groups excluding carboxylic acids is 1. The second-order valence-electron chi connectivity index (χ2n) is 6.63. The van der Waals surface area contributed by atoms with E-state index in [1.165, 1.54) is 0 Å². The Bertz CT molecular complexity index is 516. The molecular formula is C18H25ClN2O. The van der Waals surface area contributed by atoms with Crippen molar-refractivity contribution in [1.29, 1.82) is 0 Å². The molecule has 4 heteroatoms. The lowest BCUT2D eigenvalue weighted by molar-refractivity contribution is -0.135. The van der Waals surface area contributed by atoms with Gasteiger partial charge >= 0.3 is 0 Å². The number of carbonyl (C=O) groups is 1. The molecule has 0 spiro atoms. The van der Waals surface area contributed by atoms with Crippen molar-refractivity contribution in [1.82, 2.24) is 10.2 Å². The van der Waals surface area contributed by atoms with Crippen LogP contribution < -0.4 is 5.32 Å². The smallest absolute Gasteiger partial charge is 0.233 e. The summed E-state index contributed by atoms with van der Waals surface area (Å²) in [6.45, 7) is 6.07. The van der Waals surface area contributed by atoms with Gasteiger partial charge in [-0.3, -0.25) is 4.79 Å². The summed E-state index contributed by atoms with van der Waals surface area (Å²) in [5.74, 6) is 1.05. The summed E-state index contributed by atoms with van der Waals surface area (Å²) in [6, 6.07) is 7.83. The minimum atomic E-state index is -0.251. The van der Waals surface area contributed by atoms with Crippen molar-refractivity contribution < 1.29 is 4.79 Å². The van der Waals surface area contributed by atoms with E-state index in [1.807, 2.05) is 24.3 Å². The number of hydrogen-bond donors (Lipinski definition) is 1. The van der Waals surface area contributed by atoms with Crippen LogP contribution in [0.1, 0.15) is 38.2 Å². The molecule has 1 N–H and O–H groups in total. The van der Waals surface area contributed by atoms with E-state index >= 15 is 0 Å². The fourth-order valence-corrected chi connectivity index (χ4v) is 3.64. The highest BCUT2D eigenvalue weighted by Gasteiger charge is 2.53. The lowest BCUT2D eigenvalue weighted by Crippen LogP contribution is -2.45. The van der Waals surface area contributed by atoms with Gasteiger partial charge in [0.05, 0.1) is 5.41 Å². The van der Waals surface area contributed by atoms with Crippen LogP contribution in [-0.4, -0.2) is 37.0 Å². The number of rotatable bonds is 5. The Balaban J connectivity index is 1.61. The fourth-order valence-electron chi connectivity index (χ4n) is 3.51. The Morgan fingerprint density at radius 1 is 1.27 bits per heavy atom. The summed E-state index contributed by atoms with van der Waals surface area (Å²) < 4.78 is 0. The highest BCUT2D eigenvalue weighted by atomic mass is 35.5. The molecule has 1 saturated carbocycles. The molecular weight excluding hydrogens is 296 g/mol. The molecule has 0 bridgehead atoms. The van der Waals surface area contributed by atoms with E-state index in [1.54, 1.807) is 0 Å². The van der Waals surface area contributed by atoms with Gasteiger partial charge in [-0.2, -0.15) is 0 Å². The third kappa shape index (κ3) is 3.16. The molecule has 120 valence electrons. The Morgan fingerprint density at radius 3 is 2.45 bits per heavy atom. The minimum Gasteiger partial charge on any atom is -0.342 e. The number of likely N-dealkylation sites (tertiary alicyclic amines) is 1. The van der Waals surface area contributed by atoms with Gasteiger partial charge in [0.1, 0.15) is 0 Å². The molecule has 1 amide bonds. The average molecular weight is 321 g/mol. The van der Waals surface area contributed by atoms with Crippen molar-refractivity contribution in [2.75, 3.05) is 26.2 Å². The molecule has 3 nitrogen and oxygen atoms in total. The van der Waals surface area contributed by atoms with Gasteiger partial charge < -0.3 is 10.2 Å². The van der Waals surface area contributed by atoms with Gasteiger partial charge in [0.25, 0.3) is 0 Å². The highest BCUT2D eigenvalue weighted by molar-refractivity contribution is 6.30. The third-order valence-corrected chi connectivity index (χ3v) is 5.39. The summed E-state index contributed by atoms with van der Waals surface area (Å²) in [5.41, 5.74) is 0.885. The van der Waals surface area contributed by atoms with Crippen LogP contribution in [0.2, 0.25) is 5.02 Å². The first-order valence-electron chi connectivity index (χ1n) is 8.42. The standard InChI is InChI=1S/C18H25ClN2O/c1-2-20-13-14-7-11-21(12-8-14)17(22)18(9-10-18)15-3-5-16(19)6-4-15/h3-6,14,20H,2,7-13H2,1H3. The first kappa shape index (κ1) is 15.8. The van der Waals surface area contributed by atoms with Crippen LogP contribution in [0, 0.1) is 5.92 Å². The normalized spacial score (nSPS) is 20.9. The van der Waals surface area contributed by atoms with E-state index in [-0.39, 0.29) is 5.41 Å². The highest BCUT2D eigenvalue weighted by Crippen LogP contribution is 2.50. The van der Waals surface area contributed by atoms with Crippen LogP contribution in [0.4, 0.5) is 0 Å². The number of benzene rings is 1. The van der Waals surface area contributed by atoms with Crippen molar-refractivity contribution in [2.24, 2.45) is 5.92 Å². The SMILES string of the molecule is CCNCC1CCN(C(=O)C2(c3ccc(Cl)cc3)CC2)CC1. The van der Waals surface area contributed by atoms with Gasteiger partial charge in [0.2, 0.25) is 5.91 Å². The molecule has 1 saturated heterocycles. The average Bonchev–Trinajstić information content (AvgIpc) is 3.35. The first-order chi connectivity index (χ1) is 10.7. The molecule has 0 radical (unpaired) electrons. The van der Waals surface area contributed by atoms with E-state index in [2.05, 4.69) is 17.1 Å². The van der Waals surface area contributed by atoms with E-state index in [4.69, 9.17) is 11.6 Å². The van der Waals surface area contributed by atoms with E-state index in [0.29, 0.717) is 5.91 Å². The lowest BCUT2D eigenvalue weighted by atomic mass is 9.91. The quantitative estimate of drug-likeness (QED) is 0.903. The zero-order valence-electron chi connectivity index (χ0n) is 13.3. The Morgan fingerprint density at radius 2 is 1.91 bits per heavy atom. The van der Waals surface area contributed by atoms with Gasteiger partial charge in [-0.15, -0.1) is 0 Å². The van der Waals surface area contributed by atoms with Gasteiger partial charge in [-0.05, 0) is 62.4 Å². The molecule has 0 aromatic heterocycles. The molecule has 1 aromatic rings. The summed E-state index contributed by atoms with van der Waals surface area (Å²) in [7, 11) is 0. The topological polar surface area (TPSA) is 32.3 Å². The lowest BCUT2D eigenvalue weighted by Gasteiger charge is -2.34. The second kappa shape index (κ2) is 6.59. The maximum atomic E-state index is 13.0. The zero-order valence-corrected chi connectivity index (χ0v) is 14.0. The van der Waals surface area contributed by atoms with Crippen LogP contribution in [0.25, 0.3) is 0 Å². The molecule has 1 aliphatic carbocycles. The van der Waals surface area contributed by atoms with Crippen LogP contribution >= 0.6 is 11.6 Å². The van der Waals surface area contributed by atoms with Crippen LogP contribution in [0.15, 0.2) is 24.3 Å². The van der Waals surface area contributed by atoms with Crippen molar-refractivity contribution in [3.8, 4) is 0 Å². The predicted molar refractivity (Wildman–Crippen MR) is 90.2 cm³/mol. The Labute approximate surface area is 138 Å².